The standard InChI is InChI=1S/C20H25N5O2/c26-20(22-16-6-7-16)17-14-18(21-8-9-25-10-12-27-13-11-25)24-19(23-17)15-4-2-1-3-5-15/h1-5,14,16H,6-13H2,(H,22,26)(H,21,23,24). The first-order valence-corrected chi connectivity index (χ1v) is 9.57. The Morgan fingerprint density at radius 3 is 2.67 bits per heavy atom. The molecule has 1 saturated heterocycles. The summed E-state index contributed by atoms with van der Waals surface area (Å²) in [5.41, 5.74) is 1.31. The zero-order valence-corrected chi connectivity index (χ0v) is 15.4. The van der Waals surface area contributed by atoms with Crippen LogP contribution < -0.4 is 10.6 Å². The number of morpholine rings is 1. The summed E-state index contributed by atoms with van der Waals surface area (Å²) in [7, 11) is 0. The zero-order chi connectivity index (χ0) is 18.5. The molecule has 0 radical (unpaired) electrons. The van der Waals surface area contributed by atoms with E-state index in [1.807, 2.05) is 30.3 Å². The molecule has 1 aromatic heterocycles. The first-order chi connectivity index (χ1) is 13.3. The molecule has 7 heteroatoms. The van der Waals surface area contributed by atoms with E-state index in [-0.39, 0.29) is 5.91 Å². The van der Waals surface area contributed by atoms with Gasteiger partial charge in [-0.2, -0.15) is 0 Å². The first kappa shape index (κ1) is 17.9. The normalized spacial score (nSPS) is 17.5. The number of nitrogens with zero attached hydrogens (tertiary/aromatic N) is 3. The van der Waals surface area contributed by atoms with Crippen molar-refractivity contribution in [2.24, 2.45) is 0 Å². The minimum Gasteiger partial charge on any atom is -0.379 e. The highest BCUT2D eigenvalue weighted by atomic mass is 16.5. The highest BCUT2D eigenvalue weighted by Crippen LogP contribution is 2.21. The van der Waals surface area contributed by atoms with E-state index in [0.29, 0.717) is 23.4 Å². The number of benzene rings is 1. The lowest BCUT2D eigenvalue weighted by atomic mass is 10.2. The molecule has 1 aliphatic heterocycles. The lowest BCUT2D eigenvalue weighted by molar-refractivity contribution is 0.0398. The van der Waals surface area contributed by atoms with E-state index in [0.717, 1.165) is 57.8 Å². The minimum atomic E-state index is -0.131. The van der Waals surface area contributed by atoms with Gasteiger partial charge >= 0.3 is 0 Å². The quantitative estimate of drug-likeness (QED) is 0.777. The van der Waals surface area contributed by atoms with Gasteiger partial charge in [0, 0.05) is 43.9 Å². The summed E-state index contributed by atoms with van der Waals surface area (Å²) in [6.07, 6.45) is 2.10. The summed E-state index contributed by atoms with van der Waals surface area (Å²) in [4.78, 5) is 24.0. The van der Waals surface area contributed by atoms with Gasteiger partial charge in [-0.15, -0.1) is 0 Å². The van der Waals surface area contributed by atoms with Gasteiger partial charge in [0.15, 0.2) is 5.82 Å². The maximum atomic E-state index is 12.5. The largest absolute Gasteiger partial charge is 0.379 e. The third-order valence-electron chi connectivity index (χ3n) is 4.74. The van der Waals surface area contributed by atoms with Crippen LogP contribution in [0, 0.1) is 0 Å². The summed E-state index contributed by atoms with van der Waals surface area (Å²) < 4.78 is 5.38. The smallest absolute Gasteiger partial charge is 0.270 e. The SMILES string of the molecule is O=C(NC1CC1)c1cc(NCCN2CCOCC2)nc(-c2ccccc2)n1. The number of ether oxygens (including phenoxy) is 1. The highest BCUT2D eigenvalue weighted by molar-refractivity contribution is 5.93. The Morgan fingerprint density at radius 1 is 1.15 bits per heavy atom. The van der Waals surface area contributed by atoms with Crippen LogP contribution in [0.3, 0.4) is 0 Å². The van der Waals surface area contributed by atoms with Crippen molar-refractivity contribution in [2.45, 2.75) is 18.9 Å². The lowest BCUT2D eigenvalue weighted by Crippen LogP contribution is -2.39. The minimum absolute atomic E-state index is 0.131. The number of aromatic nitrogens is 2. The molecule has 7 nitrogen and oxygen atoms in total. The number of amides is 1. The Morgan fingerprint density at radius 2 is 1.93 bits per heavy atom. The number of carbonyl (C=O) groups is 1. The van der Waals surface area contributed by atoms with Crippen molar-refractivity contribution in [3.05, 3.63) is 42.1 Å². The summed E-state index contributed by atoms with van der Waals surface area (Å²) in [5.74, 6) is 1.11. The maximum absolute atomic E-state index is 12.5. The average Bonchev–Trinajstić information content (AvgIpc) is 3.53. The first-order valence-electron chi connectivity index (χ1n) is 9.57. The summed E-state index contributed by atoms with van der Waals surface area (Å²) in [6, 6.07) is 11.8. The van der Waals surface area contributed by atoms with E-state index in [1.54, 1.807) is 6.07 Å². The molecule has 1 saturated carbocycles. The molecule has 1 aromatic carbocycles. The van der Waals surface area contributed by atoms with Crippen LogP contribution in [0.4, 0.5) is 5.82 Å². The number of hydrogen-bond donors (Lipinski definition) is 2. The second-order valence-corrected chi connectivity index (χ2v) is 6.96. The van der Waals surface area contributed by atoms with E-state index in [2.05, 4.69) is 25.5 Å². The molecule has 2 aromatic rings. The monoisotopic (exact) mass is 367 g/mol. The number of nitrogens with one attached hydrogen (secondary N) is 2. The van der Waals surface area contributed by atoms with Gasteiger partial charge in [0.2, 0.25) is 0 Å². The molecule has 1 amide bonds. The number of rotatable bonds is 7. The number of hydrogen-bond acceptors (Lipinski definition) is 6. The van der Waals surface area contributed by atoms with Crippen molar-refractivity contribution in [3.8, 4) is 11.4 Å². The van der Waals surface area contributed by atoms with E-state index in [9.17, 15) is 4.79 Å². The molecule has 1 aliphatic carbocycles. The van der Waals surface area contributed by atoms with Gasteiger partial charge in [0.1, 0.15) is 11.5 Å². The van der Waals surface area contributed by atoms with Crippen LogP contribution in [0.2, 0.25) is 0 Å². The van der Waals surface area contributed by atoms with E-state index in [1.165, 1.54) is 0 Å². The second kappa shape index (κ2) is 8.45. The van der Waals surface area contributed by atoms with Gasteiger partial charge in [-0.3, -0.25) is 9.69 Å². The van der Waals surface area contributed by atoms with Gasteiger partial charge in [-0.1, -0.05) is 30.3 Å². The van der Waals surface area contributed by atoms with Crippen molar-refractivity contribution < 1.29 is 9.53 Å². The average molecular weight is 367 g/mol. The van der Waals surface area contributed by atoms with Crippen LogP contribution in [0.15, 0.2) is 36.4 Å². The predicted octanol–water partition coefficient (Wildman–Crippen LogP) is 1.78. The van der Waals surface area contributed by atoms with Crippen LogP contribution >= 0.6 is 0 Å². The summed E-state index contributed by atoms with van der Waals surface area (Å²) in [5, 5.41) is 6.36. The predicted molar refractivity (Wildman–Crippen MR) is 104 cm³/mol. The summed E-state index contributed by atoms with van der Waals surface area (Å²) in [6.45, 7) is 5.16. The molecule has 0 spiro atoms. The van der Waals surface area contributed by atoms with E-state index >= 15 is 0 Å². The molecule has 142 valence electrons. The Labute approximate surface area is 159 Å². The molecule has 2 fully saturated rings. The van der Waals surface area contributed by atoms with E-state index in [4.69, 9.17) is 4.74 Å². The third-order valence-corrected chi connectivity index (χ3v) is 4.74. The van der Waals surface area contributed by atoms with Gasteiger partial charge < -0.3 is 15.4 Å². The van der Waals surface area contributed by atoms with Gasteiger partial charge in [0.25, 0.3) is 5.91 Å². The zero-order valence-electron chi connectivity index (χ0n) is 15.4. The molecule has 2 N–H and O–H groups in total. The van der Waals surface area contributed by atoms with Crippen LogP contribution in [0.5, 0.6) is 0 Å². The van der Waals surface area contributed by atoms with Crippen molar-refractivity contribution >= 4 is 11.7 Å². The third kappa shape index (κ3) is 5.02. The Balaban J connectivity index is 1.49. The van der Waals surface area contributed by atoms with Gasteiger partial charge in [-0.25, -0.2) is 9.97 Å². The Hall–Kier alpha value is -2.51. The molecule has 0 unspecified atom stereocenters. The fourth-order valence-corrected chi connectivity index (χ4v) is 3.02. The summed E-state index contributed by atoms with van der Waals surface area (Å²) >= 11 is 0. The molecule has 0 bridgehead atoms. The fourth-order valence-electron chi connectivity index (χ4n) is 3.02. The van der Waals surface area contributed by atoms with E-state index < -0.39 is 0 Å². The van der Waals surface area contributed by atoms with Crippen LogP contribution in [-0.4, -0.2) is 66.2 Å². The number of anilines is 1. The molecular weight excluding hydrogens is 342 g/mol. The van der Waals surface area contributed by atoms with Crippen LogP contribution in [0.1, 0.15) is 23.3 Å². The van der Waals surface area contributed by atoms with Gasteiger partial charge in [0.05, 0.1) is 13.2 Å². The second-order valence-electron chi connectivity index (χ2n) is 6.96. The Bertz CT molecular complexity index is 773. The van der Waals surface area contributed by atoms with Crippen LogP contribution in [0.25, 0.3) is 11.4 Å². The van der Waals surface area contributed by atoms with Crippen LogP contribution in [-0.2, 0) is 4.74 Å². The molecule has 2 aliphatic rings. The van der Waals surface area contributed by atoms with Gasteiger partial charge in [-0.05, 0) is 12.8 Å². The molecule has 0 atom stereocenters. The molecule has 27 heavy (non-hydrogen) atoms. The fraction of sp³-hybridized carbons (Fsp3) is 0.450. The Kier molecular flexibility index (Phi) is 5.60. The molecular formula is C20H25N5O2. The van der Waals surface area contributed by atoms with Crippen molar-refractivity contribution in [1.82, 2.24) is 20.2 Å². The van der Waals surface area contributed by atoms with Crippen molar-refractivity contribution in [1.29, 1.82) is 0 Å². The molecule has 4 rings (SSSR count). The molecule has 2 heterocycles. The number of carbonyl (C=O) groups excluding carboxylic acids is 1. The highest BCUT2D eigenvalue weighted by Gasteiger charge is 2.25. The lowest BCUT2D eigenvalue weighted by Gasteiger charge is -2.26. The maximum Gasteiger partial charge on any atom is 0.270 e. The van der Waals surface area contributed by atoms with Crippen molar-refractivity contribution in [2.75, 3.05) is 44.7 Å². The topological polar surface area (TPSA) is 79.4 Å². The van der Waals surface area contributed by atoms with Crippen molar-refractivity contribution in [3.63, 3.8) is 0 Å².